The second-order valence-electron chi connectivity index (χ2n) is 7.87. The summed E-state index contributed by atoms with van der Waals surface area (Å²) in [5.74, 6) is 0.0627. The molecule has 2 fully saturated rings. The van der Waals surface area contributed by atoms with E-state index in [2.05, 4.69) is 10.2 Å². The number of aryl methyl sites for hydroxylation is 2. The Hall–Kier alpha value is -1.44. The molecule has 0 unspecified atom stereocenters. The van der Waals surface area contributed by atoms with E-state index in [1.165, 1.54) is 12.8 Å². The highest BCUT2D eigenvalue weighted by atomic mass is 32.2. The van der Waals surface area contributed by atoms with Gasteiger partial charge in [0.1, 0.15) is 0 Å². The summed E-state index contributed by atoms with van der Waals surface area (Å²) in [4.78, 5) is 15.0. The van der Waals surface area contributed by atoms with Crippen LogP contribution in [0.5, 0.6) is 0 Å². The van der Waals surface area contributed by atoms with Gasteiger partial charge in [-0.25, -0.2) is 8.42 Å². The van der Waals surface area contributed by atoms with Gasteiger partial charge in [0.25, 0.3) is 0 Å². The number of carbonyl (C=O) groups excluding carboxylic acids is 1. The molecule has 0 bridgehead atoms. The van der Waals surface area contributed by atoms with Crippen molar-refractivity contribution in [3.05, 3.63) is 29.3 Å². The maximum atomic E-state index is 13.0. The molecule has 1 amide bonds. The van der Waals surface area contributed by atoms with Crippen molar-refractivity contribution in [2.24, 2.45) is 0 Å². The summed E-state index contributed by atoms with van der Waals surface area (Å²) < 4.78 is 27.6. The van der Waals surface area contributed by atoms with Crippen LogP contribution in [-0.2, 0) is 14.8 Å². The smallest absolute Gasteiger partial charge is 0.243 e. The van der Waals surface area contributed by atoms with Gasteiger partial charge in [0.2, 0.25) is 15.9 Å². The molecule has 1 aromatic rings. The van der Waals surface area contributed by atoms with Gasteiger partial charge in [-0.3, -0.25) is 9.69 Å². The van der Waals surface area contributed by atoms with Crippen molar-refractivity contribution in [3.8, 4) is 0 Å². The Morgan fingerprint density at radius 1 is 1.11 bits per heavy atom. The van der Waals surface area contributed by atoms with E-state index >= 15 is 0 Å². The van der Waals surface area contributed by atoms with E-state index in [-0.39, 0.29) is 11.9 Å². The zero-order valence-electron chi connectivity index (χ0n) is 16.6. The van der Waals surface area contributed by atoms with Crippen LogP contribution in [-0.4, -0.2) is 61.8 Å². The Morgan fingerprint density at radius 3 is 2.37 bits per heavy atom. The molecule has 3 rings (SSSR count). The molecular weight excluding hydrogens is 362 g/mol. The summed E-state index contributed by atoms with van der Waals surface area (Å²) in [7, 11) is -3.50. The van der Waals surface area contributed by atoms with Gasteiger partial charge in [0, 0.05) is 32.2 Å². The Bertz CT molecular complexity index is 780. The molecule has 0 spiro atoms. The molecule has 2 aliphatic rings. The first-order chi connectivity index (χ1) is 12.8. The molecule has 1 saturated heterocycles. The fourth-order valence-corrected chi connectivity index (χ4v) is 5.75. The van der Waals surface area contributed by atoms with E-state index in [4.69, 9.17) is 0 Å². The zero-order chi connectivity index (χ0) is 19.6. The predicted molar refractivity (Wildman–Crippen MR) is 106 cm³/mol. The van der Waals surface area contributed by atoms with Crippen LogP contribution in [0, 0.1) is 13.8 Å². The van der Waals surface area contributed by atoms with Gasteiger partial charge in [0.15, 0.2) is 0 Å². The van der Waals surface area contributed by atoms with Crippen LogP contribution in [0.3, 0.4) is 0 Å². The van der Waals surface area contributed by atoms with Crippen LogP contribution in [0.1, 0.15) is 43.7 Å². The number of hydrogen-bond acceptors (Lipinski definition) is 4. The highest BCUT2D eigenvalue weighted by Crippen LogP contribution is 2.23. The Balaban J connectivity index is 1.60. The maximum absolute atomic E-state index is 13.0. The molecule has 1 aliphatic heterocycles. The van der Waals surface area contributed by atoms with Gasteiger partial charge in [-0.2, -0.15) is 4.31 Å². The molecule has 0 radical (unpaired) electrons. The lowest BCUT2D eigenvalue weighted by Crippen LogP contribution is -2.55. The summed E-state index contributed by atoms with van der Waals surface area (Å²) >= 11 is 0. The Morgan fingerprint density at radius 2 is 1.74 bits per heavy atom. The Labute approximate surface area is 163 Å². The van der Waals surface area contributed by atoms with Gasteiger partial charge < -0.3 is 5.32 Å². The van der Waals surface area contributed by atoms with E-state index in [9.17, 15) is 13.2 Å². The summed E-state index contributed by atoms with van der Waals surface area (Å²) in [6, 6.07) is 5.61. The fourth-order valence-electron chi connectivity index (χ4n) is 4.01. The van der Waals surface area contributed by atoms with E-state index in [1.54, 1.807) is 10.4 Å². The maximum Gasteiger partial charge on any atom is 0.243 e. The third kappa shape index (κ3) is 4.52. The molecule has 1 saturated carbocycles. The molecule has 1 aromatic carbocycles. The first kappa shape index (κ1) is 20.3. The van der Waals surface area contributed by atoms with Crippen molar-refractivity contribution < 1.29 is 13.2 Å². The molecule has 1 heterocycles. The molecular formula is C20H31N3O3S. The van der Waals surface area contributed by atoms with Crippen molar-refractivity contribution in [2.45, 2.75) is 63.4 Å². The third-order valence-electron chi connectivity index (χ3n) is 5.86. The van der Waals surface area contributed by atoms with Crippen molar-refractivity contribution >= 4 is 15.9 Å². The van der Waals surface area contributed by atoms with Crippen molar-refractivity contribution in [2.75, 3.05) is 26.2 Å². The lowest BCUT2D eigenvalue weighted by molar-refractivity contribution is -0.127. The monoisotopic (exact) mass is 393 g/mol. The third-order valence-corrected chi connectivity index (χ3v) is 7.90. The summed E-state index contributed by atoms with van der Waals surface area (Å²) in [5.41, 5.74) is 1.71. The Kier molecular flexibility index (Phi) is 6.23. The highest BCUT2D eigenvalue weighted by molar-refractivity contribution is 7.89. The van der Waals surface area contributed by atoms with Gasteiger partial charge >= 0.3 is 0 Å². The summed E-state index contributed by atoms with van der Waals surface area (Å²) in [5, 5.41) is 3.14. The number of piperazine rings is 1. The molecule has 0 aromatic heterocycles. The topological polar surface area (TPSA) is 69.7 Å². The first-order valence-corrected chi connectivity index (χ1v) is 11.3. The zero-order valence-corrected chi connectivity index (χ0v) is 17.4. The minimum Gasteiger partial charge on any atom is -0.352 e. The largest absolute Gasteiger partial charge is 0.352 e. The number of amides is 1. The standard InChI is InChI=1S/C20H31N3O3S/c1-15-8-9-16(2)19(14-15)27(25,26)23-12-10-22(11-13-23)17(3)20(24)21-18-6-4-5-7-18/h8-9,14,17-18H,4-7,10-13H2,1-3H3,(H,21,24)/t17-/m0/s1. The number of carbonyl (C=O) groups is 1. The van der Waals surface area contributed by atoms with Crippen LogP contribution < -0.4 is 5.32 Å². The normalized spacial score (nSPS) is 21.3. The van der Waals surface area contributed by atoms with Gasteiger partial charge in [-0.05, 0) is 50.8 Å². The lowest BCUT2D eigenvalue weighted by atomic mass is 10.2. The van der Waals surface area contributed by atoms with E-state index in [1.807, 2.05) is 32.9 Å². The van der Waals surface area contributed by atoms with Crippen LogP contribution in [0.15, 0.2) is 23.1 Å². The van der Waals surface area contributed by atoms with Crippen molar-refractivity contribution in [1.82, 2.24) is 14.5 Å². The van der Waals surface area contributed by atoms with E-state index in [0.29, 0.717) is 37.1 Å². The molecule has 150 valence electrons. The predicted octanol–water partition coefficient (Wildman–Crippen LogP) is 2.06. The minimum atomic E-state index is -3.50. The average Bonchev–Trinajstić information content (AvgIpc) is 3.16. The molecule has 1 atom stereocenters. The first-order valence-electron chi connectivity index (χ1n) is 9.91. The van der Waals surface area contributed by atoms with Crippen LogP contribution in [0.4, 0.5) is 0 Å². The van der Waals surface area contributed by atoms with Gasteiger partial charge in [-0.15, -0.1) is 0 Å². The number of nitrogens with one attached hydrogen (secondary N) is 1. The highest BCUT2D eigenvalue weighted by Gasteiger charge is 2.33. The van der Waals surface area contributed by atoms with E-state index in [0.717, 1.165) is 24.0 Å². The average molecular weight is 394 g/mol. The number of benzene rings is 1. The molecule has 27 heavy (non-hydrogen) atoms. The summed E-state index contributed by atoms with van der Waals surface area (Å²) in [6.45, 7) is 7.62. The van der Waals surface area contributed by atoms with Crippen LogP contribution >= 0.6 is 0 Å². The van der Waals surface area contributed by atoms with E-state index < -0.39 is 10.0 Å². The molecule has 6 nitrogen and oxygen atoms in total. The second-order valence-corrected chi connectivity index (χ2v) is 9.78. The summed E-state index contributed by atoms with van der Waals surface area (Å²) in [6.07, 6.45) is 4.52. The quantitative estimate of drug-likeness (QED) is 0.831. The van der Waals surface area contributed by atoms with Crippen LogP contribution in [0.2, 0.25) is 0 Å². The minimum absolute atomic E-state index is 0.0627. The number of rotatable bonds is 5. The number of sulfonamides is 1. The number of nitrogens with zero attached hydrogens (tertiary/aromatic N) is 2. The SMILES string of the molecule is Cc1ccc(C)c(S(=O)(=O)N2CCN([C@@H](C)C(=O)NC3CCCC3)CC2)c1. The van der Waals surface area contributed by atoms with Crippen molar-refractivity contribution in [3.63, 3.8) is 0 Å². The van der Waals surface area contributed by atoms with Crippen molar-refractivity contribution in [1.29, 1.82) is 0 Å². The fraction of sp³-hybridized carbons (Fsp3) is 0.650. The second kappa shape index (κ2) is 8.29. The lowest BCUT2D eigenvalue weighted by Gasteiger charge is -2.37. The van der Waals surface area contributed by atoms with Crippen LogP contribution in [0.25, 0.3) is 0 Å². The molecule has 1 N–H and O–H groups in total. The van der Waals surface area contributed by atoms with Gasteiger partial charge in [-0.1, -0.05) is 25.0 Å². The van der Waals surface area contributed by atoms with Gasteiger partial charge in [0.05, 0.1) is 10.9 Å². The number of hydrogen-bond donors (Lipinski definition) is 1. The molecule has 1 aliphatic carbocycles. The molecule has 7 heteroatoms.